The standard InChI is InChI=1S/C6H4BrN2.FH/c7-5-1-3-6(9-8)4-2-5;/h1-4H;1H/q+1;/p-1. The van der Waals surface area contributed by atoms with Gasteiger partial charge in [-0.25, -0.2) is 0 Å². The van der Waals surface area contributed by atoms with Gasteiger partial charge < -0.3 is 4.70 Å². The largest absolute Gasteiger partial charge is 1.00 e. The van der Waals surface area contributed by atoms with Crippen molar-refractivity contribution in [2.24, 2.45) is 0 Å². The van der Waals surface area contributed by atoms with Crippen molar-refractivity contribution in [1.29, 1.82) is 5.39 Å². The number of diazo groups is 1. The molecular weight excluding hydrogens is 199 g/mol. The Labute approximate surface area is 66.0 Å². The molecule has 0 radical (unpaired) electrons. The Balaban J connectivity index is 0.000000810. The van der Waals surface area contributed by atoms with Crippen LogP contribution in [0, 0.1) is 5.39 Å². The molecule has 0 saturated carbocycles. The van der Waals surface area contributed by atoms with Crippen LogP contribution in [0.5, 0.6) is 0 Å². The van der Waals surface area contributed by atoms with E-state index in [1.165, 1.54) is 0 Å². The van der Waals surface area contributed by atoms with Crippen LogP contribution < -0.4 is 4.70 Å². The van der Waals surface area contributed by atoms with Gasteiger partial charge in [0.1, 0.15) is 0 Å². The van der Waals surface area contributed by atoms with Crippen molar-refractivity contribution in [2.45, 2.75) is 0 Å². The molecule has 1 aromatic rings. The van der Waals surface area contributed by atoms with Gasteiger partial charge in [0.05, 0.1) is 0 Å². The first-order valence-electron chi connectivity index (χ1n) is 2.43. The second kappa shape index (κ2) is 3.96. The van der Waals surface area contributed by atoms with Crippen LogP contribution in [-0.2, 0) is 0 Å². The Morgan fingerprint density at radius 2 is 1.70 bits per heavy atom. The van der Waals surface area contributed by atoms with Gasteiger partial charge in [-0.2, -0.15) is 0 Å². The molecule has 0 N–H and O–H groups in total. The first-order chi connectivity index (χ1) is 4.33. The molecule has 0 atom stereocenters. The van der Waals surface area contributed by atoms with Crippen molar-refractivity contribution >= 4 is 21.6 Å². The zero-order valence-corrected chi connectivity index (χ0v) is 6.55. The van der Waals surface area contributed by atoms with Gasteiger partial charge in [0.25, 0.3) is 0 Å². The lowest BCUT2D eigenvalue weighted by Crippen LogP contribution is -3.00. The molecule has 2 nitrogen and oxygen atoms in total. The number of halogens is 2. The molecule has 0 aliphatic heterocycles. The van der Waals surface area contributed by atoms with E-state index in [0.717, 1.165) is 4.47 Å². The Hall–Kier alpha value is -0.950. The summed E-state index contributed by atoms with van der Waals surface area (Å²) in [6.45, 7) is 0. The zero-order valence-electron chi connectivity index (χ0n) is 4.96. The Morgan fingerprint density at radius 3 is 2.10 bits per heavy atom. The maximum Gasteiger partial charge on any atom is 0.385 e. The van der Waals surface area contributed by atoms with Gasteiger partial charge in [-0.05, 0) is 12.1 Å². The molecule has 0 fully saturated rings. The van der Waals surface area contributed by atoms with Gasteiger partial charge in [0.15, 0.2) is 4.98 Å². The van der Waals surface area contributed by atoms with Gasteiger partial charge in [-0.1, -0.05) is 15.9 Å². The van der Waals surface area contributed by atoms with Crippen molar-refractivity contribution in [3.8, 4) is 0 Å². The Morgan fingerprint density at radius 1 is 1.20 bits per heavy atom. The van der Waals surface area contributed by atoms with Gasteiger partial charge in [-0.3, -0.25) is 0 Å². The molecule has 0 unspecified atom stereocenters. The zero-order chi connectivity index (χ0) is 6.69. The monoisotopic (exact) mass is 202 g/mol. The smallest absolute Gasteiger partial charge is 0.385 e. The highest BCUT2D eigenvalue weighted by Crippen LogP contribution is 2.15. The molecule has 4 heteroatoms. The van der Waals surface area contributed by atoms with Crippen LogP contribution in [0.25, 0.3) is 4.98 Å². The molecule has 10 heavy (non-hydrogen) atoms. The summed E-state index contributed by atoms with van der Waals surface area (Å²) < 4.78 is 0.981. The molecule has 0 aliphatic carbocycles. The number of benzene rings is 1. The Bertz CT molecular complexity index is 239. The van der Waals surface area contributed by atoms with Crippen molar-refractivity contribution in [3.05, 3.63) is 33.7 Å². The fourth-order valence-electron chi connectivity index (χ4n) is 0.508. The number of nitrogens with zero attached hydrogens (tertiary/aromatic N) is 2. The molecule has 1 rings (SSSR count). The summed E-state index contributed by atoms with van der Waals surface area (Å²) in [7, 11) is 0. The highest BCUT2D eigenvalue weighted by atomic mass is 79.9. The van der Waals surface area contributed by atoms with Crippen LogP contribution in [-0.4, -0.2) is 0 Å². The fourth-order valence-corrected chi connectivity index (χ4v) is 0.772. The summed E-state index contributed by atoms with van der Waals surface area (Å²) in [4.78, 5) is 2.99. The van der Waals surface area contributed by atoms with E-state index in [2.05, 4.69) is 20.9 Å². The van der Waals surface area contributed by atoms with E-state index in [1.54, 1.807) is 12.1 Å². The van der Waals surface area contributed by atoms with Crippen LogP contribution in [0.3, 0.4) is 0 Å². The van der Waals surface area contributed by atoms with E-state index in [1.807, 2.05) is 12.1 Å². The summed E-state index contributed by atoms with van der Waals surface area (Å²) in [6, 6.07) is 7.05. The molecule has 0 aromatic heterocycles. The maximum absolute atomic E-state index is 8.24. The minimum Gasteiger partial charge on any atom is -1.00 e. The fraction of sp³-hybridized carbons (Fsp3) is 0. The molecule has 0 bridgehead atoms. The third-order valence-electron chi connectivity index (χ3n) is 0.942. The van der Waals surface area contributed by atoms with E-state index < -0.39 is 0 Å². The van der Waals surface area contributed by atoms with E-state index >= 15 is 0 Å². The van der Waals surface area contributed by atoms with Gasteiger partial charge in [0, 0.05) is 16.6 Å². The average Bonchev–Trinajstić information content (AvgIpc) is 1.90. The normalized spacial score (nSPS) is 7.60. The molecule has 1 aromatic carbocycles. The summed E-state index contributed by atoms with van der Waals surface area (Å²) in [5, 5.41) is 8.24. The third kappa shape index (κ3) is 2.11. The van der Waals surface area contributed by atoms with E-state index in [0.29, 0.717) is 5.69 Å². The molecule has 0 spiro atoms. The first kappa shape index (κ1) is 9.05. The molecule has 52 valence electrons. The highest BCUT2D eigenvalue weighted by Gasteiger charge is 1.99. The topological polar surface area (TPSA) is 28.1 Å². The molecule has 0 amide bonds. The highest BCUT2D eigenvalue weighted by molar-refractivity contribution is 9.10. The van der Waals surface area contributed by atoms with Crippen LogP contribution in [0.1, 0.15) is 0 Å². The van der Waals surface area contributed by atoms with Crippen molar-refractivity contribution < 1.29 is 4.70 Å². The minimum absolute atomic E-state index is 0. The molecule has 0 saturated heterocycles. The van der Waals surface area contributed by atoms with E-state index in [-0.39, 0.29) is 4.70 Å². The third-order valence-corrected chi connectivity index (χ3v) is 1.47. The van der Waals surface area contributed by atoms with Gasteiger partial charge in [0.2, 0.25) is 5.39 Å². The number of rotatable bonds is 0. The lowest BCUT2D eigenvalue weighted by Gasteiger charge is -1.79. The summed E-state index contributed by atoms with van der Waals surface area (Å²) >= 11 is 3.25. The quantitative estimate of drug-likeness (QED) is 0.543. The Kier molecular flexibility index (Phi) is 3.59. The average molecular weight is 203 g/mol. The predicted octanol–water partition coefficient (Wildman–Crippen LogP) is -0.0623. The summed E-state index contributed by atoms with van der Waals surface area (Å²) in [6.07, 6.45) is 0. The van der Waals surface area contributed by atoms with Crippen LogP contribution in [0.4, 0.5) is 5.69 Å². The van der Waals surface area contributed by atoms with E-state index in [4.69, 9.17) is 5.39 Å². The molecule has 0 aliphatic rings. The summed E-state index contributed by atoms with van der Waals surface area (Å²) in [5.74, 6) is 0. The van der Waals surface area contributed by atoms with Gasteiger partial charge >= 0.3 is 5.69 Å². The van der Waals surface area contributed by atoms with Gasteiger partial charge in [-0.15, -0.1) is 0 Å². The SMILES string of the molecule is N#[N+]c1ccc(Br)cc1.[F-]. The lowest BCUT2D eigenvalue weighted by molar-refractivity contribution is -0.00000193. The van der Waals surface area contributed by atoms with Crippen LogP contribution in [0.15, 0.2) is 28.7 Å². The maximum atomic E-state index is 8.24. The second-order valence-electron chi connectivity index (χ2n) is 1.58. The van der Waals surface area contributed by atoms with Crippen LogP contribution in [0.2, 0.25) is 0 Å². The van der Waals surface area contributed by atoms with Crippen molar-refractivity contribution in [3.63, 3.8) is 0 Å². The lowest BCUT2D eigenvalue weighted by atomic mass is 10.3. The predicted molar refractivity (Wildman–Crippen MR) is 38.9 cm³/mol. The number of hydrogen-bond acceptors (Lipinski definition) is 1. The second-order valence-corrected chi connectivity index (χ2v) is 2.49. The first-order valence-corrected chi connectivity index (χ1v) is 3.23. The summed E-state index contributed by atoms with van der Waals surface area (Å²) in [5.41, 5.74) is 0.568. The van der Waals surface area contributed by atoms with E-state index in [9.17, 15) is 0 Å². The van der Waals surface area contributed by atoms with Crippen molar-refractivity contribution in [1.82, 2.24) is 0 Å². The molecular formula is C6H4BrFN2. The van der Waals surface area contributed by atoms with Crippen LogP contribution >= 0.6 is 15.9 Å². The minimum atomic E-state index is 0. The molecule has 0 heterocycles. The van der Waals surface area contributed by atoms with Crippen molar-refractivity contribution in [2.75, 3.05) is 0 Å². The number of hydrogen-bond donors (Lipinski definition) is 0.